The van der Waals surface area contributed by atoms with E-state index in [0.29, 0.717) is 17.5 Å². The molecule has 1 atom stereocenters. The van der Waals surface area contributed by atoms with E-state index in [1.165, 1.54) is 12.3 Å². The largest absolute Gasteiger partial charge is 0.442 e. The van der Waals surface area contributed by atoms with Gasteiger partial charge < -0.3 is 5.32 Å². The molecular weight excluding hydrogens is 357 g/mol. The number of carbonyl (C=O) groups is 1. The Morgan fingerprint density at radius 1 is 1.19 bits per heavy atom. The monoisotopic (exact) mass is 376 g/mol. The van der Waals surface area contributed by atoms with Gasteiger partial charge in [-0.3, -0.25) is 9.69 Å². The van der Waals surface area contributed by atoms with E-state index >= 15 is 0 Å². The summed E-state index contributed by atoms with van der Waals surface area (Å²) < 4.78 is 42.3. The molecule has 1 aliphatic rings. The molecule has 0 unspecified atom stereocenters. The van der Waals surface area contributed by atoms with Crippen molar-refractivity contribution in [2.24, 2.45) is 4.99 Å². The van der Waals surface area contributed by atoms with Crippen molar-refractivity contribution in [3.63, 3.8) is 0 Å². The van der Waals surface area contributed by atoms with Crippen LogP contribution in [-0.4, -0.2) is 40.0 Å². The Labute approximate surface area is 154 Å². The molecule has 0 saturated carbocycles. The van der Waals surface area contributed by atoms with Gasteiger partial charge in [-0.05, 0) is 31.0 Å². The van der Waals surface area contributed by atoms with E-state index in [-0.39, 0.29) is 18.2 Å². The van der Waals surface area contributed by atoms with Crippen molar-refractivity contribution in [3.05, 3.63) is 59.8 Å². The minimum absolute atomic E-state index is 0.0000666. The number of pyridine rings is 1. The first-order valence-electron chi connectivity index (χ1n) is 8.53. The molecule has 0 aliphatic carbocycles. The summed E-state index contributed by atoms with van der Waals surface area (Å²) in [5, 5.41) is 2.26. The summed E-state index contributed by atoms with van der Waals surface area (Å²) in [6.45, 7) is 3.65. The molecule has 5 nitrogen and oxygen atoms in total. The normalized spacial score (nSPS) is 20.0. The SMILES string of the molecule is CCCN1C(=O)[C@](Nc2cc(C)ccn2)(C(F)(F)F)N=C1c1ccccc1. The summed E-state index contributed by atoms with van der Waals surface area (Å²) in [5.41, 5.74) is -1.94. The number of nitrogens with one attached hydrogen (secondary N) is 1. The van der Waals surface area contributed by atoms with Gasteiger partial charge in [0.15, 0.2) is 0 Å². The quantitative estimate of drug-likeness (QED) is 0.865. The summed E-state index contributed by atoms with van der Waals surface area (Å²) in [7, 11) is 0. The maximum Gasteiger partial charge on any atom is 0.442 e. The summed E-state index contributed by atoms with van der Waals surface area (Å²) >= 11 is 0. The maximum absolute atomic E-state index is 14.1. The molecule has 1 aliphatic heterocycles. The lowest BCUT2D eigenvalue weighted by atomic mass is 10.1. The Hall–Kier alpha value is -2.90. The lowest BCUT2D eigenvalue weighted by Crippen LogP contribution is -2.58. The van der Waals surface area contributed by atoms with E-state index in [4.69, 9.17) is 0 Å². The summed E-state index contributed by atoms with van der Waals surface area (Å²) in [5.74, 6) is -1.21. The van der Waals surface area contributed by atoms with E-state index < -0.39 is 17.7 Å². The fraction of sp³-hybridized carbons (Fsp3) is 0.316. The predicted molar refractivity (Wildman–Crippen MR) is 96.4 cm³/mol. The minimum Gasteiger partial charge on any atom is -0.331 e. The van der Waals surface area contributed by atoms with E-state index in [9.17, 15) is 18.0 Å². The van der Waals surface area contributed by atoms with Crippen LogP contribution in [0.3, 0.4) is 0 Å². The fourth-order valence-electron chi connectivity index (χ4n) is 2.92. The van der Waals surface area contributed by atoms with Crippen molar-refractivity contribution in [3.8, 4) is 0 Å². The summed E-state index contributed by atoms with van der Waals surface area (Å²) in [4.78, 5) is 21.8. The lowest BCUT2D eigenvalue weighted by molar-refractivity contribution is -0.185. The second-order valence-corrected chi connectivity index (χ2v) is 6.31. The molecule has 0 fully saturated rings. The highest BCUT2D eigenvalue weighted by molar-refractivity contribution is 6.16. The molecular formula is C19H19F3N4O. The first-order chi connectivity index (χ1) is 12.8. The lowest BCUT2D eigenvalue weighted by Gasteiger charge is -2.29. The van der Waals surface area contributed by atoms with E-state index in [1.54, 1.807) is 50.2 Å². The van der Waals surface area contributed by atoms with Crippen LogP contribution in [-0.2, 0) is 4.79 Å². The van der Waals surface area contributed by atoms with Crippen LogP contribution in [0.1, 0.15) is 24.5 Å². The van der Waals surface area contributed by atoms with Gasteiger partial charge in [0.25, 0.3) is 5.91 Å². The maximum atomic E-state index is 14.1. The van der Waals surface area contributed by atoms with Crippen LogP contribution in [0.5, 0.6) is 0 Å². The van der Waals surface area contributed by atoms with Gasteiger partial charge in [-0.1, -0.05) is 37.3 Å². The topological polar surface area (TPSA) is 57.6 Å². The Morgan fingerprint density at radius 3 is 2.48 bits per heavy atom. The summed E-state index contributed by atoms with van der Waals surface area (Å²) in [6.07, 6.45) is -3.07. The smallest absolute Gasteiger partial charge is 0.331 e. The number of aliphatic imine (C=N–C) groups is 1. The average molecular weight is 376 g/mol. The number of aromatic nitrogens is 1. The number of aryl methyl sites for hydroxylation is 1. The minimum atomic E-state index is -4.95. The van der Waals surface area contributed by atoms with Crippen LogP contribution in [0.15, 0.2) is 53.7 Å². The Morgan fingerprint density at radius 2 is 1.89 bits per heavy atom. The molecule has 1 aromatic carbocycles. The molecule has 2 aromatic rings. The number of rotatable bonds is 5. The van der Waals surface area contributed by atoms with Crippen LogP contribution in [0, 0.1) is 6.92 Å². The zero-order valence-corrected chi connectivity index (χ0v) is 14.9. The molecule has 8 heteroatoms. The molecule has 3 rings (SSSR count). The molecule has 1 N–H and O–H groups in total. The number of benzene rings is 1. The molecule has 142 valence electrons. The van der Waals surface area contributed by atoms with Crippen molar-refractivity contribution in [2.45, 2.75) is 32.1 Å². The molecule has 0 bridgehead atoms. The predicted octanol–water partition coefficient (Wildman–Crippen LogP) is 3.76. The Kier molecular flexibility index (Phi) is 4.91. The van der Waals surface area contributed by atoms with Gasteiger partial charge in [0.1, 0.15) is 11.7 Å². The van der Waals surface area contributed by atoms with Crippen molar-refractivity contribution in [2.75, 3.05) is 11.9 Å². The fourth-order valence-corrected chi connectivity index (χ4v) is 2.92. The number of hydrogen-bond donors (Lipinski definition) is 1. The van der Waals surface area contributed by atoms with Gasteiger partial charge in [0, 0.05) is 18.3 Å². The van der Waals surface area contributed by atoms with Crippen LogP contribution in [0.2, 0.25) is 0 Å². The number of anilines is 1. The molecule has 1 amide bonds. The zero-order chi connectivity index (χ0) is 19.7. The van der Waals surface area contributed by atoms with Crippen molar-refractivity contribution >= 4 is 17.6 Å². The van der Waals surface area contributed by atoms with E-state index in [0.717, 1.165) is 4.90 Å². The molecule has 0 saturated heterocycles. The van der Waals surface area contributed by atoms with Crippen LogP contribution >= 0.6 is 0 Å². The number of amides is 1. The number of carbonyl (C=O) groups excluding carboxylic acids is 1. The zero-order valence-electron chi connectivity index (χ0n) is 14.9. The van der Waals surface area contributed by atoms with Crippen molar-refractivity contribution in [1.82, 2.24) is 9.88 Å². The highest BCUT2D eigenvalue weighted by Gasteiger charge is 2.66. The third-order valence-corrected chi connectivity index (χ3v) is 4.20. The van der Waals surface area contributed by atoms with Crippen LogP contribution in [0.4, 0.5) is 19.0 Å². The average Bonchev–Trinajstić information content (AvgIpc) is 2.90. The molecule has 2 heterocycles. The van der Waals surface area contributed by atoms with Crippen LogP contribution < -0.4 is 5.32 Å². The highest BCUT2D eigenvalue weighted by Crippen LogP contribution is 2.40. The van der Waals surface area contributed by atoms with Gasteiger partial charge in [0.2, 0.25) is 0 Å². The van der Waals surface area contributed by atoms with E-state index in [1.807, 2.05) is 0 Å². The second-order valence-electron chi connectivity index (χ2n) is 6.31. The standard InChI is InChI=1S/C19H19F3N4O/c1-3-11-26-16(14-7-5-4-6-8-14)25-18(17(26)27,19(20,21)22)24-15-12-13(2)9-10-23-15/h4-10,12H,3,11H2,1-2H3,(H,23,24)/t18-/m1/s1. The van der Waals surface area contributed by atoms with Gasteiger partial charge in [-0.25, -0.2) is 9.98 Å². The molecule has 27 heavy (non-hydrogen) atoms. The Balaban J connectivity index is 2.14. The second kappa shape index (κ2) is 7.02. The number of hydrogen-bond acceptors (Lipinski definition) is 4. The third kappa shape index (κ3) is 3.39. The first-order valence-corrected chi connectivity index (χ1v) is 8.53. The summed E-state index contributed by atoms with van der Waals surface area (Å²) in [6, 6.07) is 11.5. The number of halogens is 3. The number of amidine groups is 1. The number of alkyl halides is 3. The first kappa shape index (κ1) is 18.9. The van der Waals surface area contributed by atoms with Crippen molar-refractivity contribution < 1.29 is 18.0 Å². The highest BCUT2D eigenvalue weighted by atomic mass is 19.4. The van der Waals surface area contributed by atoms with Gasteiger partial charge in [0.05, 0.1) is 0 Å². The molecule has 1 aromatic heterocycles. The van der Waals surface area contributed by atoms with Gasteiger partial charge in [-0.15, -0.1) is 0 Å². The molecule has 0 spiro atoms. The van der Waals surface area contributed by atoms with Gasteiger partial charge in [-0.2, -0.15) is 13.2 Å². The van der Waals surface area contributed by atoms with E-state index in [2.05, 4.69) is 15.3 Å². The molecule has 0 radical (unpaired) electrons. The van der Waals surface area contributed by atoms with Gasteiger partial charge >= 0.3 is 11.8 Å². The van der Waals surface area contributed by atoms with Crippen molar-refractivity contribution in [1.29, 1.82) is 0 Å². The Bertz CT molecular complexity index is 867. The number of nitrogens with zero attached hydrogens (tertiary/aromatic N) is 3. The third-order valence-electron chi connectivity index (χ3n) is 4.20. The van der Waals surface area contributed by atoms with Crippen LogP contribution in [0.25, 0.3) is 0 Å².